The average molecular weight is 312 g/mol. The monoisotopic (exact) mass is 312 g/mol. The van der Waals surface area contributed by atoms with E-state index < -0.39 is 5.60 Å². The van der Waals surface area contributed by atoms with E-state index in [1.165, 1.54) is 12.1 Å². The van der Waals surface area contributed by atoms with Crippen LogP contribution in [0.2, 0.25) is 0 Å². The first kappa shape index (κ1) is 15.0. The molecule has 0 atom stereocenters. The van der Waals surface area contributed by atoms with Crippen molar-refractivity contribution < 1.29 is 9.13 Å². The number of rotatable bonds is 3. The molecule has 3 aromatic rings. The summed E-state index contributed by atoms with van der Waals surface area (Å²) < 4.78 is 19.3. The van der Waals surface area contributed by atoms with Gasteiger partial charge in [-0.25, -0.2) is 9.37 Å². The second kappa shape index (κ2) is 5.39. The summed E-state index contributed by atoms with van der Waals surface area (Å²) in [7, 11) is 0. The van der Waals surface area contributed by atoms with Gasteiger partial charge in [0.25, 0.3) is 0 Å². The Morgan fingerprint density at radius 1 is 1.00 bits per heavy atom. The summed E-state index contributed by atoms with van der Waals surface area (Å²) in [5, 5.41) is 0.608. The minimum Gasteiger partial charge on any atom is -0.482 e. The van der Waals surface area contributed by atoms with E-state index in [1.54, 1.807) is 24.3 Å². The fraction of sp³-hybridized carbons (Fsp3) is 0.176. The van der Waals surface area contributed by atoms with Gasteiger partial charge in [0.05, 0.1) is 10.9 Å². The van der Waals surface area contributed by atoms with Crippen LogP contribution in [0.5, 0.6) is 5.75 Å². The Labute approximate surface area is 133 Å². The van der Waals surface area contributed by atoms with E-state index in [1.807, 2.05) is 19.9 Å². The van der Waals surface area contributed by atoms with E-state index in [0.29, 0.717) is 16.7 Å². The van der Waals surface area contributed by atoms with E-state index >= 15 is 0 Å². The lowest BCUT2D eigenvalue weighted by Crippen LogP contribution is -2.25. The number of hydrogen-bond donors (Lipinski definition) is 2. The number of halogens is 1. The van der Waals surface area contributed by atoms with Gasteiger partial charge in [0.2, 0.25) is 5.95 Å². The minimum absolute atomic E-state index is 0.116. The van der Waals surface area contributed by atoms with Crippen LogP contribution >= 0.6 is 0 Å². The molecule has 0 aliphatic heterocycles. The molecule has 3 rings (SSSR count). The molecule has 0 bridgehead atoms. The summed E-state index contributed by atoms with van der Waals surface area (Å²) >= 11 is 0. The van der Waals surface area contributed by atoms with Gasteiger partial charge in [0.15, 0.2) is 0 Å². The SMILES string of the molecule is CC(C)(Oc1cccc2nc(N)nc(N)c12)c1ccc(F)cc1. The zero-order valence-corrected chi connectivity index (χ0v) is 12.9. The fourth-order valence-electron chi connectivity index (χ4n) is 2.47. The van der Waals surface area contributed by atoms with Gasteiger partial charge in [-0.2, -0.15) is 4.98 Å². The lowest BCUT2D eigenvalue weighted by molar-refractivity contribution is 0.111. The molecule has 1 aromatic heterocycles. The molecule has 118 valence electrons. The predicted octanol–water partition coefficient (Wildman–Crippen LogP) is 3.25. The number of hydrogen-bond acceptors (Lipinski definition) is 5. The molecule has 5 nitrogen and oxygen atoms in total. The molecule has 6 heteroatoms. The summed E-state index contributed by atoms with van der Waals surface area (Å²) in [5.41, 5.74) is 12.4. The Hall–Kier alpha value is -2.89. The number of ether oxygens (including phenoxy) is 1. The topological polar surface area (TPSA) is 87.0 Å². The normalized spacial score (nSPS) is 11.6. The number of anilines is 2. The van der Waals surface area contributed by atoms with Crippen LogP contribution in [-0.4, -0.2) is 9.97 Å². The van der Waals surface area contributed by atoms with Gasteiger partial charge in [-0.05, 0) is 43.7 Å². The van der Waals surface area contributed by atoms with Crippen molar-refractivity contribution in [1.82, 2.24) is 9.97 Å². The second-order valence-corrected chi connectivity index (χ2v) is 5.74. The van der Waals surface area contributed by atoms with Gasteiger partial charge in [-0.1, -0.05) is 18.2 Å². The molecular formula is C17H17FN4O. The highest BCUT2D eigenvalue weighted by Gasteiger charge is 2.24. The zero-order valence-electron chi connectivity index (χ0n) is 12.9. The Morgan fingerprint density at radius 2 is 1.70 bits per heavy atom. The van der Waals surface area contributed by atoms with Crippen LogP contribution in [0.4, 0.5) is 16.2 Å². The third-order valence-corrected chi connectivity index (χ3v) is 3.63. The summed E-state index contributed by atoms with van der Waals surface area (Å²) in [6.07, 6.45) is 0. The van der Waals surface area contributed by atoms with Crippen LogP contribution in [0.25, 0.3) is 10.9 Å². The molecule has 0 amide bonds. The first-order valence-corrected chi connectivity index (χ1v) is 7.13. The molecule has 0 aliphatic rings. The molecule has 1 heterocycles. The standard InChI is InChI=1S/C17H17FN4O/c1-17(2,10-6-8-11(18)9-7-10)23-13-5-3-4-12-14(13)15(19)22-16(20)21-12/h3-9H,1-2H3,(H4,19,20,21,22). The van der Waals surface area contributed by atoms with Crippen LogP contribution < -0.4 is 16.2 Å². The molecule has 2 aromatic carbocycles. The highest BCUT2D eigenvalue weighted by Crippen LogP contribution is 2.34. The van der Waals surface area contributed by atoms with Crippen LogP contribution in [0.1, 0.15) is 19.4 Å². The van der Waals surface area contributed by atoms with E-state index in [-0.39, 0.29) is 17.6 Å². The first-order chi connectivity index (χ1) is 10.9. The van der Waals surface area contributed by atoms with Crippen LogP contribution in [0, 0.1) is 5.82 Å². The van der Waals surface area contributed by atoms with Gasteiger partial charge in [-0.3, -0.25) is 0 Å². The highest BCUT2D eigenvalue weighted by atomic mass is 19.1. The van der Waals surface area contributed by atoms with E-state index in [0.717, 1.165) is 5.56 Å². The maximum Gasteiger partial charge on any atom is 0.222 e. The van der Waals surface area contributed by atoms with E-state index in [2.05, 4.69) is 9.97 Å². The molecule has 4 N–H and O–H groups in total. The number of benzene rings is 2. The summed E-state index contributed by atoms with van der Waals surface area (Å²) in [6, 6.07) is 11.6. The van der Waals surface area contributed by atoms with Crippen molar-refractivity contribution in [3.05, 3.63) is 53.8 Å². The number of fused-ring (bicyclic) bond motifs is 1. The van der Waals surface area contributed by atoms with Crippen molar-refractivity contribution >= 4 is 22.7 Å². The van der Waals surface area contributed by atoms with Gasteiger partial charge >= 0.3 is 0 Å². The highest BCUT2D eigenvalue weighted by molar-refractivity contribution is 5.94. The predicted molar refractivity (Wildman–Crippen MR) is 88.4 cm³/mol. The first-order valence-electron chi connectivity index (χ1n) is 7.13. The van der Waals surface area contributed by atoms with Crippen LogP contribution in [0.15, 0.2) is 42.5 Å². The van der Waals surface area contributed by atoms with Gasteiger partial charge < -0.3 is 16.2 Å². The maximum atomic E-state index is 13.1. The Bertz CT molecular complexity index is 862. The fourth-order valence-corrected chi connectivity index (χ4v) is 2.47. The summed E-state index contributed by atoms with van der Waals surface area (Å²) in [5.74, 6) is 0.639. The summed E-state index contributed by atoms with van der Waals surface area (Å²) in [4.78, 5) is 8.16. The van der Waals surface area contributed by atoms with Gasteiger partial charge in [-0.15, -0.1) is 0 Å². The maximum absolute atomic E-state index is 13.1. The molecule has 0 spiro atoms. The third-order valence-electron chi connectivity index (χ3n) is 3.63. The molecule has 0 radical (unpaired) electrons. The van der Waals surface area contributed by atoms with Crippen LogP contribution in [-0.2, 0) is 5.60 Å². The second-order valence-electron chi connectivity index (χ2n) is 5.74. The number of nitrogens with two attached hydrogens (primary N) is 2. The van der Waals surface area contributed by atoms with Crippen molar-refractivity contribution in [3.8, 4) is 5.75 Å². The van der Waals surface area contributed by atoms with E-state index in [4.69, 9.17) is 16.2 Å². The molecule has 0 aliphatic carbocycles. The van der Waals surface area contributed by atoms with Crippen molar-refractivity contribution in [2.75, 3.05) is 11.5 Å². The quantitative estimate of drug-likeness (QED) is 0.775. The Kier molecular flexibility index (Phi) is 3.52. The van der Waals surface area contributed by atoms with Crippen molar-refractivity contribution in [1.29, 1.82) is 0 Å². The Balaban J connectivity index is 2.05. The number of nitrogen functional groups attached to an aromatic ring is 2. The Morgan fingerprint density at radius 3 is 2.39 bits per heavy atom. The molecule has 0 fully saturated rings. The smallest absolute Gasteiger partial charge is 0.222 e. The molecule has 23 heavy (non-hydrogen) atoms. The van der Waals surface area contributed by atoms with Crippen molar-refractivity contribution in [3.63, 3.8) is 0 Å². The molecule has 0 unspecified atom stereocenters. The average Bonchev–Trinajstić information content (AvgIpc) is 2.46. The molecule has 0 saturated heterocycles. The number of nitrogens with zero attached hydrogens (tertiary/aromatic N) is 2. The van der Waals surface area contributed by atoms with E-state index in [9.17, 15) is 4.39 Å². The lowest BCUT2D eigenvalue weighted by atomic mass is 9.98. The molecule has 0 saturated carbocycles. The number of aromatic nitrogens is 2. The van der Waals surface area contributed by atoms with Gasteiger partial charge in [0.1, 0.15) is 23.0 Å². The van der Waals surface area contributed by atoms with Gasteiger partial charge in [0, 0.05) is 0 Å². The summed E-state index contributed by atoms with van der Waals surface area (Å²) in [6.45, 7) is 3.79. The van der Waals surface area contributed by atoms with Crippen molar-refractivity contribution in [2.45, 2.75) is 19.4 Å². The third kappa shape index (κ3) is 2.88. The van der Waals surface area contributed by atoms with Crippen molar-refractivity contribution in [2.24, 2.45) is 0 Å². The molecular weight excluding hydrogens is 295 g/mol. The lowest BCUT2D eigenvalue weighted by Gasteiger charge is -2.28. The minimum atomic E-state index is -0.685. The zero-order chi connectivity index (χ0) is 16.6. The van der Waals surface area contributed by atoms with Crippen LogP contribution in [0.3, 0.4) is 0 Å². The largest absolute Gasteiger partial charge is 0.482 e.